The topological polar surface area (TPSA) is 83.8 Å². The van der Waals surface area contributed by atoms with E-state index in [9.17, 15) is 4.79 Å². The van der Waals surface area contributed by atoms with Crippen LogP contribution in [0.25, 0.3) is 11.3 Å². The van der Waals surface area contributed by atoms with Gasteiger partial charge >= 0.3 is 0 Å². The number of carbonyl (C=O) groups is 1. The van der Waals surface area contributed by atoms with Crippen LogP contribution >= 0.6 is 0 Å². The highest BCUT2D eigenvalue weighted by Crippen LogP contribution is 2.20. The summed E-state index contributed by atoms with van der Waals surface area (Å²) in [5.74, 6) is 0.296. The molecule has 0 unspecified atom stereocenters. The maximum Gasteiger partial charge on any atom is 0.277 e. The van der Waals surface area contributed by atoms with Crippen LogP contribution in [0.15, 0.2) is 47.1 Å². The van der Waals surface area contributed by atoms with Gasteiger partial charge in [0.25, 0.3) is 5.91 Å². The second-order valence-corrected chi connectivity index (χ2v) is 4.33. The number of amides is 1. The van der Waals surface area contributed by atoms with E-state index in [2.05, 4.69) is 20.7 Å². The molecule has 100 valence electrons. The lowest BCUT2D eigenvalue weighted by atomic mass is 10.1. The first-order valence-electron chi connectivity index (χ1n) is 6.07. The zero-order chi connectivity index (χ0) is 13.9. The van der Waals surface area contributed by atoms with Crippen molar-refractivity contribution in [3.63, 3.8) is 0 Å². The first-order chi connectivity index (χ1) is 9.72. The van der Waals surface area contributed by atoms with Crippen molar-refractivity contribution in [1.82, 2.24) is 15.4 Å². The van der Waals surface area contributed by atoms with Gasteiger partial charge < -0.3 is 9.84 Å². The highest BCUT2D eigenvalue weighted by Gasteiger charge is 2.11. The molecule has 1 aromatic carbocycles. The summed E-state index contributed by atoms with van der Waals surface area (Å²) in [5, 5.41) is 13.2. The van der Waals surface area contributed by atoms with Gasteiger partial charge in [0.15, 0.2) is 5.69 Å². The van der Waals surface area contributed by atoms with E-state index in [0.29, 0.717) is 11.4 Å². The minimum absolute atomic E-state index is 0.259. The number of nitrogens with one attached hydrogen (secondary N) is 2. The molecular weight excluding hydrogens is 256 g/mol. The van der Waals surface area contributed by atoms with Crippen LogP contribution in [-0.2, 0) is 0 Å². The lowest BCUT2D eigenvalue weighted by Gasteiger charge is -2.04. The third-order valence-electron chi connectivity index (χ3n) is 2.79. The van der Waals surface area contributed by atoms with Gasteiger partial charge in [-0.05, 0) is 25.1 Å². The van der Waals surface area contributed by atoms with Crippen LogP contribution in [0.1, 0.15) is 16.2 Å². The summed E-state index contributed by atoms with van der Waals surface area (Å²) in [6.07, 6.45) is 1.68. The molecule has 6 heteroatoms. The quantitative estimate of drug-likeness (QED) is 0.764. The van der Waals surface area contributed by atoms with Crippen molar-refractivity contribution in [2.45, 2.75) is 6.92 Å². The molecular formula is C14H12N4O2. The summed E-state index contributed by atoms with van der Waals surface area (Å²) >= 11 is 0. The molecule has 0 radical (unpaired) electrons. The zero-order valence-electron chi connectivity index (χ0n) is 10.8. The minimum Gasteiger partial charge on any atom is -0.361 e. The van der Waals surface area contributed by atoms with Crippen LogP contribution in [0.4, 0.5) is 5.69 Å². The number of hydrogen-bond donors (Lipinski definition) is 2. The second-order valence-electron chi connectivity index (χ2n) is 4.33. The van der Waals surface area contributed by atoms with Gasteiger partial charge in [-0.3, -0.25) is 9.89 Å². The lowest BCUT2D eigenvalue weighted by Crippen LogP contribution is -2.12. The fraction of sp³-hybridized carbons (Fsp3) is 0.0714. The number of anilines is 1. The van der Waals surface area contributed by atoms with Crippen molar-refractivity contribution in [2.75, 3.05) is 5.32 Å². The van der Waals surface area contributed by atoms with Crippen LogP contribution in [-0.4, -0.2) is 21.3 Å². The molecule has 0 fully saturated rings. The predicted molar refractivity (Wildman–Crippen MR) is 73.2 cm³/mol. The molecule has 0 bridgehead atoms. The van der Waals surface area contributed by atoms with E-state index >= 15 is 0 Å². The van der Waals surface area contributed by atoms with Gasteiger partial charge in [0.1, 0.15) is 5.76 Å². The van der Waals surface area contributed by atoms with Crippen molar-refractivity contribution >= 4 is 11.6 Å². The number of rotatable bonds is 3. The molecule has 0 saturated heterocycles. The Morgan fingerprint density at radius 2 is 2.20 bits per heavy atom. The predicted octanol–water partition coefficient (Wildman–Crippen LogP) is 2.63. The van der Waals surface area contributed by atoms with Crippen molar-refractivity contribution in [3.05, 3.63) is 54.0 Å². The summed E-state index contributed by atoms with van der Waals surface area (Å²) in [6, 6.07) is 10.9. The minimum atomic E-state index is -0.302. The SMILES string of the molecule is Cc1cc(C(=O)Nc2cccc(-c3ccn[nH]3)c2)no1. The lowest BCUT2D eigenvalue weighted by molar-refractivity contribution is 0.101. The third kappa shape index (κ3) is 2.44. The Morgan fingerprint density at radius 1 is 1.30 bits per heavy atom. The van der Waals surface area contributed by atoms with E-state index in [1.807, 2.05) is 30.3 Å². The average molecular weight is 268 g/mol. The van der Waals surface area contributed by atoms with Crippen LogP contribution in [0.2, 0.25) is 0 Å². The molecule has 3 rings (SSSR count). The highest BCUT2D eigenvalue weighted by molar-refractivity contribution is 6.03. The van der Waals surface area contributed by atoms with E-state index in [0.717, 1.165) is 11.3 Å². The van der Waals surface area contributed by atoms with Gasteiger partial charge in [0.2, 0.25) is 0 Å². The molecule has 2 heterocycles. The standard InChI is InChI=1S/C14H12N4O2/c1-9-7-13(18-20-9)14(19)16-11-4-2-3-10(8-11)12-5-6-15-17-12/h2-8H,1H3,(H,15,17)(H,16,19). The number of nitrogens with zero attached hydrogens (tertiary/aromatic N) is 2. The van der Waals surface area contributed by atoms with E-state index in [1.165, 1.54) is 0 Å². The summed E-state index contributed by atoms with van der Waals surface area (Å²) in [4.78, 5) is 12.0. The van der Waals surface area contributed by atoms with Gasteiger partial charge in [0.05, 0.1) is 5.69 Å². The van der Waals surface area contributed by atoms with Gasteiger partial charge in [-0.1, -0.05) is 17.3 Å². The monoisotopic (exact) mass is 268 g/mol. The maximum atomic E-state index is 12.0. The zero-order valence-corrected chi connectivity index (χ0v) is 10.8. The Morgan fingerprint density at radius 3 is 2.90 bits per heavy atom. The van der Waals surface area contributed by atoms with Crippen molar-refractivity contribution in [1.29, 1.82) is 0 Å². The summed E-state index contributed by atoms with van der Waals surface area (Å²) in [6.45, 7) is 1.74. The smallest absolute Gasteiger partial charge is 0.277 e. The Labute approximate surface area is 114 Å². The number of hydrogen-bond acceptors (Lipinski definition) is 4. The molecule has 3 aromatic rings. The van der Waals surface area contributed by atoms with Crippen LogP contribution in [0, 0.1) is 6.92 Å². The number of aromatic amines is 1. The third-order valence-corrected chi connectivity index (χ3v) is 2.79. The molecule has 0 aliphatic rings. The van der Waals surface area contributed by atoms with E-state index in [-0.39, 0.29) is 11.6 Å². The maximum absolute atomic E-state index is 12.0. The summed E-state index contributed by atoms with van der Waals surface area (Å²) < 4.78 is 4.88. The van der Waals surface area contributed by atoms with E-state index < -0.39 is 0 Å². The Kier molecular flexibility index (Phi) is 3.04. The molecule has 1 amide bonds. The Hall–Kier alpha value is -2.89. The number of H-pyrrole nitrogens is 1. The van der Waals surface area contributed by atoms with Crippen molar-refractivity contribution in [2.24, 2.45) is 0 Å². The number of carbonyl (C=O) groups excluding carboxylic acids is 1. The van der Waals surface area contributed by atoms with Crippen LogP contribution in [0.3, 0.4) is 0 Å². The van der Waals surface area contributed by atoms with Gasteiger partial charge in [-0.15, -0.1) is 0 Å². The molecule has 0 atom stereocenters. The normalized spacial score (nSPS) is 10.4. The van der Waals surface area contributed by atoms with Gasteiger partial charge in [-0.2, -0.15) is 5.10 Å². The Bertz CT molecular complexity index is 731. The van der Waals surface area contributed by atoms with E-state index in [4.69, 9.17) is 4.52 Å². The molecule has 0 saturated carbocycles. The fourth-order valence-corrected chi connectivity index (χ4v) is 1.85. The number of aromatic nitrogens is 3. The summed E-state index contributed by atoms with van der Waals surface area (Å²) in [7, 11) is 0. The van der Waals surface area contributed by atoms with Crippen molar-refractivity contribution in [3.8, 4) is 11.3 Å². The molecule has 20 heavy (non-hydrogen) atoms. The van der Waals surface area contributed by atoms with Gasteiger partial charge in [0, 0.05) is 23.5 Å². The fourth-order valence-electron chi connectivity index (χ4n) is 1.85. The Balaban J connectivity index is 1.81. The molecule has 2 aromatic heterocycles. The molecule has 0 spiro atoms. The van der Waals surface area contributed by atoms with Crippen LogP contribution < -0.4 is 5.32 Å². The first kappa shape index (κ1) is 12.2. The second kappa shape index (κ2) is 5.00. The molecule has 2 N–H and O–H groups in total. The number of benzene rings is 1. The highest BCUT2D eigenvalue weighted by atomic mass is 16.5. The van der Waals surface area contributed by atoms with E-state index in [1.54, 1.807) is 19.2 Å². The largest absolute Gasteiger partial charge is 0.361 e. The van der Waals surface area contributed by atoms with Crippen LogP contribution in [0.5, 0.6) is 0 Å². The van der Waals surface area contributed by atoms with Crippen molar-refractivity contribution < 1.29 is 9.32 Å². The molecule has 6 nitrogen and oxygen atoms in total. The molecule has 0 aliphatic heterocycles. The summed E-state index contributed by atoms with van der Waals surface area (Å²) in [5.41, 5.74) is 2.77. The number of aryl methyl sites for hydroxylation is 1. The first-order valence-corrected chi connectivity index (χ1v) is 6.07. The average Bonchev–Trinajstić information content (AvgIpc) is 3.10. The molecule has 0 aliphatic carbocycles. The van der Waals surface area contributed by atoms with Gasteiger partial charge in [-0.25, -0.2) is 0 Å².